The minimum Gasteiger partial charge on any atom is -0.444 e. The lowest BCUT2D eigenvalue weighted by Gasteiger charge is -2.30. The van der Waals surface area contributed by atoms with Crippen LogP contribution in [-0.4, -0.2) is 48.4 Å². The molecule has 0 spiro atoms. The van der Waals surface area contributed by atoms with Gasteiger partial charge in [0, 0.05) is 6.54 Å². The van der Waals surface area contributed by atoms with Crippen molar-refractivity contribution in [2.24, 2.45) is 0 Å². The number of aromatic nitrogens is 2. The Morgan fingerprint density at radius 2 is 2.05 bits per heavy atom. The maximum atomic E-state index is 12.1. The standard InChI is InChI=1S/C12H20N4O4S/c1-12(2,3)20-11(17)15-5-6-16-9(8-15)10(7-14-16)21(18,19)13-4/h7,13H,5-6,8H2,1-4H3. The summed E-state index contributed by atoms with van der Waals surface area (Å²) in [5.74, 6) is 0. The summed E-state index contributed by atoms with van der Waals surface area (Å²) in [6, 6.07) is 0. The molecular weight excluding hydrogens is 296 g/mol. The van der Waals surface area contributed by atoms with Crippen molar-refractivity contribution < 1.29 is 17.9 Å². The van der Waals surface area contributed by atoms with Crippen LogP contribution in [0.3, 0.4) is 0 Å². The van der Waals surface area contributed by atoms with Crippen LogP contribution in [0.25, 0.3) is 0 Å². The molecule has 1 aromatic heterocycles. The molecule has 8 nitrogen and oxygen atoms in total. The third kappa shape index (κ3) is 3.35. The number of carbonyl (C=O) groups excluding carboxylic acids is 1. The molecule has 0 aromatic carbocycles. The largest absolute Gasteiger partial charge is 0.444 e. The maximum Gasteiger partial charge on any atom is 0.410 e. The van der Waals surface area contributed by atoms with E-state index in [-0.39, 0.29) is 11.4 Å². The highest BCUT2D eigenvalue weighted by molar-refractivity contribution is 7.89. The van der Waals surface area contributed by atoms with Gasteiger partial charge in [-0.1, -0.05) is 0 Å². The summed E-state index contributed by atoms with van der Waals surface area (Å²) >= 11 is 0. The number of rotatable bonds is 2. The van der Waals surface area contributed by atoms with Crippen molar-refractivity contribution in [3.63, 3.8) is 0 Å². The molecule has 0 atom stereocenters. The minimum atomic E-state index is -3.59. The van der Waals surface area contributed by atoms with Crippen LogP contribution in [0.2, 0.25) is 0 Å². The van der Waals surface area contributed by atoms with Crippen LogP contribution in [0.15, 0.2) is 11.1 Å². The van der Waals surface area contributed by atoms with Crippen LogP contribution in [0.1, 0.15) is 26.5 Å². The topological polar surface area (TPSA) is 93.5 Å². The molecule has 2 heterocycles. The second kappa shape index (κ2) is 5.30. The molecule has 21 heavy (non-hydrogen) atoms. The first kappa shape index (κ1) is 15.8. The summed E-state index contributed by atoms with van der Waals surface area (Å²) in [4.78, 5) is 13.7. The molecule has 1 aliphatic heterocycles. The third-order valence-electron chi connectivity index (χ3n) is 3.04. The molecule has 1 amide bonds. The number of nitrogens with one attached hydrogen (secondary N) is 1. The van der Waals surface area contributed by atoms with Crippen molar-refractivity contribution >= 4 is 16.1 Å². The van der Waals surface area contributed by atoms with Crippen molar-refractivity contribution in [1.29, 1.82) is 0 Å². The van der Waals surface area contributed by atoms with E-state index in [1.165, 1.54) is 18.1 Å². The van der Waals surface area contributed by atoms with Gasteiger partial charge in [-0.3, -0.25) is 4.68 Å². The second-order valence-electron chi connectivity index (χ2n) is 5.79. The smallest absolute Gasteiger partial charge is 0.410 e. The SMILES string of the molecule is CNS(=O)(=O)c1cnn2c1CN(C(=O)OC(C)(C)C)CC2. The Kier molecular flexibility index (Phi) is 3.98. The number of hydrogen-bond acceptors (Lipinski definition) is 5. The number of hydrogen-bond donors (Lipinski definition) is 1. The van der Waals surface area contributed by atoms with Gasteiger partial charge in [-0.25, -0.2) is 17.9 Å². The quantitative estimate of drug-likeness (QED) is 0.859. The Labute approximate surface area is 124 Å². The summed E-state index contributed by atoms with van der Waals surface area (Å²) in [5, 5.41) is 4.06. The number of amides is 1. The zero-order valence-electron chi connectivity index (χ0n) is 12.6. The third-order valence-corrected chi connectivity index (χ3v) is 4.50. The van der Waals surface area contributed by atoms with Gasteiger partial charge in [-0.2, -0.15) is 5.10 Å². The Balaban J connectivity index is 2.24. The number of ether oxygens (including phenoxy) is 1. The van der Waals surface area contributed by atoms with E-state index in [9.17, 15) is 13.2 Å². The molecule has 0 fully saturated rings. The molecule has 1 aliphatic rings. The highest BCUT2D eigenvalue weighted by Crippen LogP contribution is 2.22. The van der Waals surface area contributed by atoms with E-state index in [1.54, 1.807) is 25.5 Å². The van der Waals surface area contributed by atoms with Gasteiger partial charge in [-0.05, 0) is 27.8 Å². The Hall–Kier alpha value is -1.61. The lowest BCUT2D eigenvalue weighted by atomic mass is 10.2. The van der Waals surface area contributed by atoms with Gasteiger partial charge in [0.15, 0.2) is 0 Å². The highest BCUT2D eigenvalue weighted by Gasteiger charge is 2.30. The minimum absolute atomic E-state index is 0.0956. The van der Waals surface area contributed by atoms with E-state index >= 15 is 0 Å². The van der Waals surface area contributed by atoms with Crippen LogP contribution in [0.5, 0.6) is 0 Å². The molecule has 118 valence electrons. The summed E-state index contributed by atoms with van der Waals surface area (Å²) in [6.45, 7) is 6.39. The van der Waals surface area contributed by atoms with Crippen LogP contribution in [0, 0.1) is 0 Å². The van der Waals surface area contributed by atoms with Gasteiger partial charge in [0.2, 0.25) is 10.0 Å². The molecule has 0 bridgehead atoms. The fourth-order valence-corrected chi connectivity index (χ4v) is 2.92. The number of sulfonamides is 1. The molecule has 0 radical (unpaired) electrons. The molecule has 1 aromatic rings. The predicted octanol–water partition coefficient (Wildman–Crippen LogP) is 0.542. The summed E-state index contributed by atoms with van der Waals surface area (Å²) in [7, 11) is -2.25. The van der Waals surface area contributed by atoms with Crippen molar-refractivity contribution in [1.82, 2.24) is 19.4 Å². The van der Waals surface area contributed by atoms with Crippen LogP contribution in [0.4, 0.5) is 4.79 Å². The molecule has 2 rings (SSSR count). The fourth-order valence-electron chi connectivity index (χ4n) is 2.04. The molecule has 1 N–H and O–H groups in total. The van der Waals surface area contributed by atoms with Gasteiger partial charge in [0.25, 0.3) is 0 Å². The van der Waals surface area contributed by atoms with Gasteiger partial charge in [-0.15, -0.1) is 0 Å². The lowest BCUT2D eigenvalue weighted by Crippen LogP contribution is -2.42. The molecule has 0 saturated carbocycles. The average Bonchev–Trinajstić information content (AvgIpc) is 2.80. The van der Waals surface area contributed by atoms with Crippen molar-refractivity contribution in [2.75, 3.05) is 13.6 Å². The monoisotopic (exact) mass is 316 g/mol. The second-order valence-corrected chi connectivity index (χ2v) is 7.64. The van der Waals surface area contributed by atoms with E-state index in [0.717, 1.165) is 0 Å². The van der Waals surface area contributed by atoms with Crippen LogP contribution < -0.4 is 4.72 Å². The van der Waals surface area contributed by atoms with E-state index in [4.69, 9.17) is 4.74 Å². The van der Waals surface area contributed by atoms with E-state index in [2.05, 4.69) is 9.82 Å². The van der Waals surface area contributed by atoms with Crippen LogP contribution in [-0.2, 0) is 27.8 Å². The van der Waals surface area contributed by atoms with Crippen molar-refractivity contribution in [2.45, 2.75) is 44.4 Å². The first-order valence-electron chi connectivity index (χ1n) is 6.60. The Morgan fingerprint density at radius 1 is 1.38 bits per heavy atom. The average molecular weight is 316 g/mol. The van der Waals surface area contributed by atoms with E-state index < -0.39 is 21.7 Å². The zero-order valence-corrected chi connectivity index (χ0v) is 13.4. The van der Waals surface area contributed by atoms with Gasteiger partial charge >= 0.3 is 6.09 Å². The Bertz CT molecular complexity index is 645. The van der Waals surface area contributed by atoms with Crippen molar-refractivity contribution in [3.05, 3.63) is 11.9 Å². The first-order valence-corrected chi connectivity index (χ1v) is 8.08. The van der Waals surface area contributed by atoms with Crippen molar-refractivity contribution in [3.8, 4) is 0 Å². The van der Waals surface area contributed by atoms with Gasteiger partial charge < -0.3 is 9.64 Å². The van der Waals surface area contributed by atoms with E-state index in [1.807, 2.05) is 0 Å². The number of nitrogens with zero attached hydrogens (tertiary/aromatic N) is 3. The molecular formula is C12H20N4O4S. The molecule has 0 unspecified atom stereocenters. The zero-order chi connectivity index (χ0) is 15.8. The van der Waals surface area contributed by atoms with Gasteiger partial charge in [0.05, 0.1) is 25.0 Å². The van der Waals surface area contributed by atoms with Crippen LogP contribution >= 0.6 is 0 Å². The summed E-state index contributed by atoms with van der Waals surface area (Å²) in [5.41, 5.74) is -0.101. The Morgan fingerprint density at radius 3 is 2.62 bits per heavy atom. The predicted molar refractivity (Wildman–Crippen MR) is 75.1 cm³/mol. The summed E-state index contributed by atoms with van der Waals surface area (Å²) < 4.78 is 33.1. The fraction of sp³-hybridized carbons (Fsp3) is 0.667. The number of fused-ring (bicyclic) bond motifs is 1. The van der Waals surface area contributed by atoms with E-state index in [0.29, 0.717) is 18.8 Å². The lowest BCUT2D eigenvalue weighted by molar-refractivity contribution is 0.0192. The molecule has 0 saturated heterocycles. The van der Waals surface area contributed by atoms with Gasteiger partial charge in [0.1, 0.15) is 10.5 Å². The summed E-state index contributed by atoms with van der Waals surface area (Å²) in [6.07, 6.45) is 0.850. The normalized spacial score (nSPS) is 15.7. The number of carbonyl (C=O) groups is 1. The first-order chi connectivity index (χ1) is 9.64. The molecule has 0 aliphatic carbocycles. The maximum absolute atomic E-state index is 12.1. The molecule has 9 heteroatoms. The highest BCUT2D eigenvalue weighted by atomic mass is 32.2.